The first-order valence-electron chi connectivity index (χ1n) is 5.88. The van der Waals surface area contributed by atoms with Gasteiger partial charge in [0.15, 0.2) is 0 Å². The summed E-state index contributed by atoms with van der Waals surface area (Å²) in [5, 5.41) is 2.37. The molecule has 8 nitrogen and oxygen atoms in total. The quantitative estimate of drug-likeness (QED) is 0.508. The number of amides is 4. The maximum atomic E-state index is 11.6. The Labute approximate surface area is 110 Å². The van der Waals surface area contributed by atoms with Crippen molar-refractivity contribution in [3.05, 3.63) is 0 Å². The summed E-state index contributed by atoms with van der Waals surface area (Å²) in [5.74, 6) is -1.59. The number of urea groups is 1. The van der Waals surface area contributed by atoms with Crippen molar-refractivity contribution in [3.8, 4) is 0 Å². The number of carbonyl (C=O) groups is 4. The monoisotopic (exact) mass is 271 g/mol. The molecule has 1 heterocycles. The summed E-state index contributed by atoms with van der Waals surface area (Å²) in [6.07, 6.45) is 0. The second-order valence-electron chi connectivity index (χ2n) is 4.16. The van der Waals surface area contributed by atoms with Crippen molar-refractivity contribution in [1.82, 2.24) is 15.1 Å². The van der Waals surface area contributed by atoms with Gasteiger partial charge in [-0.15, -0.1) is 0 Å². The fourth-order valence-electron chi connectivity index (χ4n) is 1.58. The van der Waals surface area contributed by atoms with Crippen LogP contribution in [0.2, 0.25) is 0 Å². The zero-order valence-corrected chi connectivity index (χ0v) is 11.1. The number of esters is 1. The molecule has 106 valence electrons. The van der Waals surface area contributed by atoms with Crippen LogP contribution in [0.15, 0.2) is 0 Å². The second kappa shape index (κ2) is 6.17. The van der Waals surface area contributed by atoms with Crippen molar-refractivity contribution < 1.29 is 23.9 Å². The van der Waals surface area contributed by atoms with Crippen LogP contribution in [-0.4, -0.2) is 66.4 Å². The minimum absolute atomic E-state index is 0.0421. The van der Waals surface area contributed by atoms with Crippen LogP contribution in [0.1, 0.15) is 13.8 Å². The molecule has 1 aliphatic heterocycles. The number of ether oxygens (including phenoxy) is 1. The Morgan fingerprint density at radius 3 is 2.53 bits per heavy atom. The predicted octanol–water partition coefficient (Wildman–Crippen LogP) is -1.05. The van der Waals surface area contributed by atoms with Crippen molar-refractivity contribution >= 4 is 23.8 Å². The van der Waals surface area contributed by atoms with Gasteiger partial charge in [0, 0.05) is 7.05 Å². The van der Waals surface area contributed by atoms with Crippen LogP contribution < -0.4 is 5.32 Å². The van der Waals surface area contributed by atoms with Crippen LogP contribution in [0.25, 0.3) is 0 Å². The van der Waals surface area contributed by atoms with Crippen LogP contribution in [0.5, 0.6) is 0 Å². The molecule has 0 spiro atoms. The summed E-state index contributed by atoms with van der Waals surface area (Å²) >= 11 is 0. The first kappa shape index (κ1) is 14.9. The van der Waals surface area contributed by atoms with Gasteiger partial charge in [-0.2, -0.15) is 0 Å². The molecule has 0 aromatic carbocycles. The molecular weight excluding hydrogens is 254 g/mol. The van der Waals surface area contributed by atoms with Gasteiger partial charge in [0.1, 0.15) is 19.1 Å². The number of hydrogen-bond donors (Lipinski definition) is 1. The van der Waals surface area contributed by atoms with Gasteiger partial charge in [0.05, 0.1) is 6.61 Å². The van der Waals surface area contributed by atoms with Crippen molar-refractivity contribution in [1.29, 1.82) is 0 Å². The lowest BCUT2D eigenvalue weighted by molar-refractivity contribution is -0.146. The van der Waals surface area contributed by atoms with E-state index in [-0.39, 0.29) is 13.2 Å². The summed E-state index contributed by atoms with van der Waals surface area (Å²) in [6, 6.07) is -1.35. The van der Waals surface area contributed by atoms with E-state index >= 15 is 0 Å². The molecule has 1 aliphatic rings. The van der Waals surface area contributed by atoms with E-state index in [2.05, 4.69) is 5.32 Å². The van der Waals surface area contributed by atoms with E-state index in [1.807, 2.05) is 0 Å². The topological polar surface area (TPSA) is 96.0 Å². The first-order valence-corrected chi connectivity index (χ1v) is 5.88. The third kappa shape index (κ3) is 3.67. The Bertz CT molecular complexity index is 409. The first-order chi connectivity index (χ1) is 8.86. The highest BCUT2D eigenvalue weighted by Crippen LogP contribution is 2.06. The van der Waals surface area contributed by atoms with Crippen molar-refractivity contribution in [2.45, 2.75) is 19.9 Å². The lowest BCUT2D eigenvalue weighted by atomic mass is 10.3. The molecule has 0 aliphatic carbocycles. The second-order valence-corrected chi connectivity index (χ2v) is 4.16. The standard InChI is InChI=1S/C11H17N3O5/c1-4-19-10(17)7(2)12-8(15)5-14-9(16)6-13(3)11(14)18/h7H,4-6H2,1-3H3,(H,12,15). The molecule has 19 heavy (non-hydrogen) atoms. The number of nitrogens with zero attached hydrogens (tertiary/aromatic N) is 2. The highest BCUT2D eigenvalue weighted by Gasteiger charge is 2.35. The summed E-state index contributed by atoms with van der Waals surface area (Å²) < 4.78 is 4.72. The molecule has 1 fully saturated rings. The van der Waals surface area contributed by atoms with Gasteiger partial charge < -0.3 is 15.0 Å². The van der Waals surface area contributed by atoms with E-state index in [0.29, 0.717) is 0 Å². The third-order valence-corrected chi connectivity index (χ3v) is 2.55. The molecule has 0 aromatic heterocycles. The van der Waals surface area contributed by atoms with Crippen molar-refractivity contribution in [3.63, 3.8) is 0 Å². The number of rotatable bonds is 5. The lowest BCUT2D eigenvalue weighted by Gasteiger charge is -2.16. The molecule has 1 unspecified atom stereocenters. The largest absolute Gasteiger partial charge is 0.464 e. The van der Waals surface area contributed by atoms with Gasteiger partial charge >= 0.3 is 12.0 Å². The van der Waals surface area contributed by atoms with Crippen molar-refractivity contribution in [2.75, 3.05) is 26.7 Å². The van der Waals surface area contributed by atoms with E-state index in [4.69, 9.17) is 4.74 Å². The number of imide groups is 1. The van der Waals surface area contributed by atoms with E-state index in [1.54, 1.807) is 6.92 Å². The van der Waals surface area contributed by atoms with E-state index in [1.165, 1.54) is 18.9 Å². The molecule has 1 atom stereocenters. The Kier molecular flexibility index (Phi) is 4.85. The average molecular weight is 271 g/mol. The van der Waals surface area contributed by atoms with Crippen molar-refractivity contribution in [2.24, 2.45) is 0 Å². The Morgan fingerprint density at radius 2 is 2.05 bits per heavy atom. The molecule has 1 N–H and O–H groups in total. The van der Waals surface area contributed by atoms with E-state index in [0.717, 1.165) is 4.90 Å². The predicted molar refractivity (Wildman–Crippen MR) is 64.0 cm³/mol. The minimum Gasteiger partial charge on any atom is -0.464 e. The molecule has 0 bridgehead atoms. The maximum Gasteiger partial charge on any atom is 0.328 e. The number of nitrogens with one attached hydrogen (secondary N) is 1. The van der Waals surface area contributed by atoms with Crippen LogP contribution in [0.4, 0.5) is 4.79 Å². The zero-order valence-electron chi connectivity index (χ0n) is 11.1. The zero-order chi connectivity index (χ0) is 14.6. The van der Waals surface area contributed by atoms with Gasteiger partial charge in [-0.1, -0.05) is 0 Å². The molecule has 4 amide bonds. The van der Waals surface area contributed by atoms with Gasteiger partial charge in [-0.25, -0.2) is 9.59 Å². The maximum absolute atomic E-state index is 11.6. The van der Waals surface area contributed by atoms with Crippen LogP contribution in [0, 0.1) is 0 Å². The Balaban J connectivity index is 2.50. The smallest absolute Gasteiger partial charge is 0.328 e. The van der Waals surface area contributed by atoms with Gasteiger partial charge in [-0.05, 0) is 13.8 Å². The number of likely N-dealkylation sites (N-methyl/N-ethyl adjacent to an activating group) is 1. The summed E-state index contributed by atoms with van der Waals surface area (Å²) in [4.78, 5) is 48.0. The highest BCUT2D eigenvalue weighted by molar-refractivity contribution is 6.04. The number of carbonyl (C=O) groups excluding carboxylic acids is 4. The average Bonchev–Trinajstić information content (AvgIpc) is 2.56. The fourth-order valence-corrected chi connectivity index (χ4v) is 1.58. The molecule has 8 heteroatoms. The molecule has 1 saturated heterocycles. The van der Waals surface area contributed by atoms with E-state index in [9.17, 15) is 19.2 Å². The van der Waals surface area contributed by atoms with Crippen LogP contribution in [0.3, 0.4) is 0 Å². The van der Waals surface area contributed by atoms with Gasteiger partial charge in [-0.3, -0.25) is 14.5 Å². The minimum atomic E-state index is -0.821. The fraction of sp³-hybridized carbons (Fsp3) is 0.636. The SMILES string of the molecule is CCOC(=O)C(C)NC(=O)CN1C(=O)CN(C)C1=O. The Morgan fingerprint density at radius 1 is 1.42 bits per heavy atom. The normalized spacial score (nSPS) is 16.6. The van der Waals surface area contributed by atoms with Gasteiger partial charge in [0.2, 0.25) is 5.91 Å². The molecule has 0 saturated carbocycles. The lowest BCUT2D eigenvalue weighted by Crippen LogP contribution is -2.46. The summed E-state index contributed by atoms with van der Waals surface area (Å²) in [5.41, 5.74) is 0. The van der Waals surface area contributed by atoms with E-state index < -0.39 is 36.4 Å². The molecular formula is C11H17N3O5. The highest BCUT2D eigenvalue weighted by atomic mass is 16.5. The van der Waals surface area contributed by atoms with Crippen LogP contribution >= 0.6 is 0 Å². The summed E-state index contributed by atoms with van der Waals surface area (Å²) in [6.45, 7) is 2.90. The van der Waals surface area contributed by atoms with Gasteiger partial charge in [0.25, 0.3) is 5.91 Å². The summed E-state index contributed by atoms with van der Waals surface area (Å²) in [7, 11) is 1.47. The third-order valence-electron chi connectivity index (χ3n) is 2.55. The Hall–Kier alpha value is -2.12. The molecule has 1 rings (SSSR count). The molecule has 0 aromatic rings. The number of hydrogen-bond acceptors (Lipinski definition) is 5. The van der Waals surface area contributed by atoms with Crippen LogP contribution in [-0.2, 0) is 19.1 Å². The molecule has 0 radical (unpaired) electrons.